The molecule has 11 heavy (non-hydrogen) atoms. The molecule has 1 heteroatoms. The van der Waals surface area contributed by atoms with Crippen molar-refractivity contribution in [3.63, 3.8) is 0 Å². The summed E-state index contributed by atoms with van der Waals surface area (Å²) in [5.74, 6) is 0.644. The molecule has 0 aliphatic heterocycles. The fourth-order valence-electron chi connectivity index (χ4n) is 1.07. The Kier molecular flexibility index (Phi) is 4.67. The Labute approximate surface area is 70.0 Å². The minimum Gasteiger partial charge on any atom is -0.354 e. The molecule has 0 saturated carbocycles. The molecule has 0 spiro atoms. The van der Waals surface area contributed by atoms with E-state index in [0.717, 1.165) is 0 Å². The molecule has 0 radical (unpaired) electrons. The van der Waals surface area contributed by atoms with Crippen molar-refractivity contribution >= 4 is 0 Å². The molecule has 1 nitrogen and oxygen atoms in total. The highest BCUT2D eigenvalue weighted by atomic mass is 14.9. The lowest BCUT2D eigenvalue weighted by molar-refractivity contribution is 0.741. The Morgan fingerprint density at radius 1 is 1.27 bits per heavy atom. The Balaban J connectivity index is 0.000000461. The van der Waals surface area contributed by atoms with Crippen LogP contribution in [0.3, 0.4) is 0 Å². The third-order valence-electron chi connectivity index (χ3n) is 1.58. The van der Waals surface area contributed by atoms with Gasteiger partial charge in [0.15, 0.2) is 0 Å². The summed E-state index contributed by atoms with van der Waals surface area (Å²) in [5, 5.41) is 0. The predicted octanol–water partition coefficient (Wildman–Crippen LogP) is 3.17. The zero-order valence-electron chi connectivity index (χ0n) is 8.26. The summed E-state index contributed by atoms with van der Waals surface area (Å²) in [7, 11) is 2.08. The number of rotatable bonds is 1. The van der Waals surface area contributed by atoms with Crippen molar-refractivity contribution in [3.05, 3.63) is 24.0 Å². The van der Waals surface area contributed by atoms with E-state index in [4.69, 9.17) is 0 Å². The average molecular weight is 153 g/mol. The van der Waals surface area contributed by atoms with Crippen molar-refractivity contribution in [1.29, 1.82) is 0 Å². The highest BCUT2D eigenvalue weighted by Gasteiger charge is 1.99. The number of hydrogen-bond donors (Lipinski definition) is 0. The summed E-state index contributed by atoms with van der Waals surface area (Å²) in [5.41, 5.74) is 1.40. The molecule has 1 aromatic rings. The van der Waals surface area contributed by atoms with Crippen LogP contribution in [0.25, 0.3) is 0 Å². The first-order valence-corrected chi connectivity index (χ1v) is 4.33. The zero-order valence-corrected chi connectivity index (χ0v) is 8.26. The SMILES string of the molecule is CC.CC(C)c1cccn1C. The van der Waals surface area contributed by atoms with Gasteiger partial charge in [0.1, 0.15) is 0 Å². The summed E-state index contributed by atoms with van der Waals surface area (Å²) < 4.78 is 2.16. The fraction of sp³-hybridized carbons (Fsp3) is 0.600. The van der Waals surface area contributed by atoms with Crippen molar-refractivity contribution in [2.24, 2.45) is 7.05 Å². The van der Waals surface area contributed by atoms with Crippen LogP contribution in [-0.4, -0.2) is 4.57 Å². The van der Waals surface area contributed by atoms with Crippen molar-refractivity contribution in [1.82, 2.24) is 4.57 Å². The second-order valence-corrected chi connectivity index (χ2v) is 2.70. The fourth-order valence-corrected chi connectivity index (χ4v) is 1.07. The van der Waals surface area contributed by atoms with Crippen LogP contribution in [-0.2, 0) is 7.05 Å². The van der Waals surface area contributed by atoms with Crippen LogP contribution in [0.4, 0.5) is 0 Å². The van der Waals surface area contributed by atoms with Gasteiger partial charge in [0, 0.05) is 18.9 Å². The molecular formula is C10H19N. The maximum Gasteiger partial charge on any atom is 0.0197 e. The van der Waals surface area contributed by atoms with E-state index >= 15 is 0 Å². The molecule has 0 saturated heterocycles. The van der Waals surface area contributed by atoms with Gasteiger partial charge in [-0.1, -0.05) is 27.7 Å². The summed E-state index contributed by atoms with van der Waals surface area (Å²) in [6, 6.07) is 4.24. The van der Waals surface area contributed by atoms with E-state index in [-0.39, 0.29) is 0 Å². The lowest BCUT2D eigenvalue weighted by Crippen LogP contribution is -1.95. The monoisotopic (exact) mass is 153 g/mol. The van der Waals surface area contributed by atoms with Gasteiger partial charge in [-0.05, 0) is 18.1 Å². The zero-order chi connectivity index (χ0) is 8.85. The van der Waals surface area contributed by atoms with E-state index in [1.807, 2.05) is 13.8 Å². The van der Waals surface area contributed by atoms with Crippen LogP contribution < -0.4 is 0 Å². The molecule has 0 fully saturated rings. The molecule has 0 aliphatic rings. The van der Waals surface area contributed by atoms with Gasteiger partial charge in [-0.2, -0.15) is 0 Å². The largest absolute Gasteiger partial charge is 0.354 e. The van der Waals surface area contributed by atoms with Gasteiger partial charge < -0.3 is 4.57 Å². The Bertz CT molecular complexity index is 187. The minimum absolute atomic E-state index is 0.644. The van der Waals surface area contributed by atoms with Crippen LogP contribution in [0.15, 0.2) is 18.3 Å². The maximum absolute atomic E-state index is 2.20. The number of nitrogens with zero attached hydrogens (tertiary/aromatic N) is 1. The molecule has 1 aromatic heterocycles. The Morgan fingerprint density at radius 2 is 1.82 bits per heavy atom. The third kappa shape index (κ3) is 2.79. The molecule has 0 amide bonds. The van der Waals surface area contributed by atoms with Crippen LogP contribution >= 0.6 is 0 Å². The van der Waals surface area contributed by atoms with Crippen LogP contribution in [0, 0.1) is 0 Å². The van der Waals surface area contributed by atoms with Gasteiger partial charge >= 0.3 is 0 Å². The molecule has 1 rings (SSSR count). The van der Waals surface area contributed by atoms with E-state index in [1.54, 1.807) is 0 Å². The molecule has 0 aromatic carbocycles. The highest BCUT2D eigenvalue weighted by Crippen LogP contribution is 2.12. The van der Waals surface area contributed by atoms with Crippen LogP contribution in [0.2, 0.25) is 0 Å². The molecule has 0 aliphatic carbocycles. The van der Waals surface area contributed by atoms with Crippen LogP contribution in [0.5, 0.6) is 0 Å². The molecule has 1 heterocycles. The van der Waals surface area contributed by atoms with Gasteiger partial charge in [-0.15, -0.1) is 0 Å². The standard InChI is InChI=1S/C8H13N.C2H6/c1-7(2)8-5-4-6-9(8)3;1-2/h4-7H,1-3H3;1-2H3. The molecule has 0 atom stereocenters. The van der Waals surface area contributed by atoms with Gasteiger partial charge in [0.2, 0.25) is 0 Å². The van der Waals surface area contributed by atoms with E-state index < -0.39 is 0 Å². The Morgan fingerprint density at radius 3 is 2.00 bits per heavy atom. The minimum atomic E-state index is 0.644. The van der Waals surface area contributed by atoms with Gasteiger partial charge in [0.05, 0.1) is 0 Å². The number of aryl methyl sites for hydroxylation is 1. The van der Waals surface area contributed by atoms with Gasteiger partial charge in [-0.25, -0.2) is 0 Å². The summed E-state index contributed by atoms with van der Waals surface area (Å²) in [6.07, 6.45) is 2.08. The highest BCUT2D eigenvalue weighted by molar-refractivity contribution is 5.09. The topological polar surface area (TPSA) is 4.93 Å². The van der Waals surface area contributed by atoms with Gasteiger partial charge in [0.25, 0.3) is 0 Å². The van der Waals surface area contributed by atoms with Crippen molar-refractivity contribution in [3.8, 4) is 0 Å². The summed E-state index contributed by atoms with van der Waals surface area (Å²) in [4.78, 5) is 0. The van der Waals surface area contributed by atoms with Crippen molar-refractivity contribution in [2.75, 3.05) is 0 Å². The van der Waals surface area contributed by atoms with E-state index in [2.05, 4.69) is 43.8 Å². The molecule has 64 valence electrons. The number of hydrogen-bond acceptors (Lipinski definition) is 0. The smallest absolute Gasteiger partial charge is 0.0197 e. The quantitative estimate of drug-likeness (QED) is 0.584. The lowest BCUT2D eigenvalue weighted by Gasteiger charge is -2.04. The van der Waals surface area contributed by atoms with E-state index in [9.17, 15) is 0 Å². The predicted molar refractivity (Wildman–Crippen MR) is 50.9 cm³/mol. The molecule has 0 N–H and O–H groups in total. The normalized spacial score (nSPS) is 9.27. The van der Waals surface area contributed by atoms with E-state index in [0.29, 0.717) is 5.92 Å². The van der Waals surface area contributed by atoms with Crippen LogP contribution in [0.1, 0.15) is 39.3 Å². The summed E-state index contributed by atoms with van der Waals surface area (Å²) in [6.45, 7) is 8.41. The maximum atomic E-state index is 2.20. The van der Waals surface area contributed by atoms with Crippen molar-refractivity contribution in [2.45, 2.75) is 33.6 Å². The van der Waals surface area contributed by atoms with E-state index in [1.165, 1.54) is 5.69 Å². The summed E-state index contributed by atoms with van der Waals surface area (Å²) >= 11 is 0. The first-order chi connectivity index (χ1) is 5.22. The van der Waals surface area contributed by atoms with Gasteiger partial charge in [-0.3, -0.25) is 0 Å². The average Bonchev–Trinajstić information content (AvgIpc) is 2.39. The number of aromatic nitrogens is 1. The first kappa shape index (κ1) is 10.3. The second kappa shape index (κ2) is 5.00. The first-order valence-electron chi connectivity index (χ1n) is 4.33. The second-order valence-electron chi connectivity index (χ2n) is 2.70. The molecule has 0 unspecified atom stereocenters. The lowest BCUT2D eigenvalue weighted by atomic mass is 10.1. The van der Waals surface area contributed by atoms with Crippen molar-refractivity contribution < 1.29 is 0 Å². The molecule has 0 bridgehead atoms. The Hall–Kier alpha value is -0.720. The third-order valence-corrected chi connectivity index (χ3v) is 1.58. The molecular weight excluding hydrogens is 134 g/mol.